The molecule has 0 radical (unpaired) electrons. The molecule has 0 aliphatic heterocycles. The Balaban J connectivity index is 1.17. The first-order chi connectivity index (χ1) is 24.3. The Morgan fingerprint density at radius 3 is 1.98 bits per heavy atom. The Kier molecular flexibility index (Phi) is 6.36. The van der Waals surface area contributed by atoms with Crippen LogP contribution in [0.1, 0.15) is 0 Å². The number of nitrogens with zero attached hydrogens (tertiary/aromatic N) is 3. The highest BCUT2D eigenvalue weighted by Crippen LogP contribution is 2.42. The minimum Gasteiger partial charge on any atom is -0.310 e. The molecule has 3 nitrogen and oxygen atoms in total. The van der Waals surface area contributed by atoms with Crippen LogP contribution < -0.4 is 4.90 Å². The van der Waals surface area contributed by atoms with Gasteiger partial charge in [-0.1, -0.05) is 97.1 Å². The lowest BCUT2D eigenvalue weighted by Crippen LogP contribution is -2.10. The molecule has 230 valence electrons. The first-order valence-electron chi connectivity index (χ1n) is 16.5. The first kappa shape index (κ1) is 27.8. The molecule has 4 heteroatoms. The van der Waals surface area contributed by atoms with E-state index in [1.165, 1.54) is 30.9 Å². The van der Waals surface area contributed by atoms with Gasteiger partial charge in [-0.05, 0) is 89.6 Å². The lowest BCUT2D eigenvalue weighted by Gasteiger charge is -2.26. The van der Waals surface area contributed by atoms with Crippen LogP contribution >= 0.6 is 11.3 Å². The number of fused-ring (bicyclic) bond motifs is 7. The summed E-state index contributed by atoms with van der Waals surface area (Å²) in [5.74, 6) is 0. The predicted octanol–water partition coefficient (Wildman–Crippen LogP) is 12.8. The number of thiophene rings is 1. The standard InChI is InChI=1S/C45H29N3S/c1-3-12-31(13-4-1)40-25-26-41-45(46-40)39-28-38-37-17-9-10-18-43(37)49-44(38)29-42(39)48(41)35-23-21-34(22-24-35)47(33-15-5-2-6-16-33)36-20-19-30-11-7-8-14-32(30)27-36/h1-29H. The second-order valence-electron chi connectivity index (χ2n) is 12.4. The van der Waals surface area contributed by atoms with Crippen LogP contribution in [-0.4, -0.2) is 9.55 Å². The summed E-state index contributed by atoms with van der Waals surface area (Å²) in [6.45, 7) is 0. The number of para-hydroxylation sites is 1. The van der Waals surface area contributed by atoms with Gasteiger partial charge in [0.15, 0.2) is 0 Å². The Morgan fingerprint density at radius 2 is 1.14 bits per heavy atom. The van der Waals surface area contributed by atoms with Crippen molar-refractivity contribution in [2.75, 3.05) is 4.90 Å². The molecule has 7 aromatic carbocycles. The van der Waals surface area contributed by atoms with Gasteiger partial charge < -0.3 is 9.47 Å². The quantitative estimate of drug-likeness (QED) is 0.186. The highest BCUT2D eigenvalue weighted by molar-refractivity contribution is 7.25. The molecule has 0 bridgehead atoms. The minimum absolute atomic E-state index is 0.978. The second-order valence-corrected chi connectivity index (χ2v) is 13.5. The van der Waals surface area contributed by atoms with Crippen LogP contribution in [0.4, 0.5) is 17.1 Å². The van der Waals surface area contributed by atoms with Gasteiger partial charge in [0.05, 0.1) is 22.2 Å². The second kappa shape index (κ2) is 11.2. The summed E-state index contributed by atoms with van der Waals surface area (Å²) >= 11 is 1.85. The summed E-state index contributed by atoms with van der Waals surface area (Å²) in [5, 5.41) is 6.19. The van der Waals surface area contributed by atoms with Crippen molar-refractivity contribution in [3.8, 4) is 16.9 Å². The highest BCUT2D eigenvalue weighted by atomic mass is 32.1. The molecule has 0 fully saturated rings. The lowest BCUT2D eigenvalue weighted by molar-refractivity contribution is 1.17. The predicted molar refractivity (Wildman–Crippen MR) is 209 cm³/mol. The molecule has 0 saturated heterocycles. The number of pyridine rings is 1. The van der Waals surface area contributed by atoms with Gasteiger partial charge >= 0.3 is 0 Å². The van der Waals surface area contributed by atoms with Crippen molar-refractivity contribution in [2.45, 2.75) is 0 Å². The van der Waals surface area contributed by atoms with Crippen LogP contribution in [0.3, 0.4) is 0 Å². The van der Waals surface area contributed by atoms with E-state index in [2.05, 4.69) is 185 Å². The third-order valence-electron chi connectivity index (χ3n) is 9.55. The molecule has 0 atom stereocenters. The Morgan fingerprint density at radius 1 is 0.449 bits per heavy atom. The van der Waals surface area contributed by atoms with Crippen molar-refractivity contribution < 1.29 is 0 Å². The van der Waals surface area contributed by atoms with Gasteiger partial charge in [0.25, 0.3) is 0 Å². The molecule has 0 amide bonds. The normalized spacial score (nSPS) is 11.7. The molecular weight excluding hydrogens is 615 g/mol. The Hall–Kier alpha value is -6.23. The minimum atomic E-state index is 0.978. The molecular formula is C45H29N3S. The van der Waals surface area contributed by atoms with E-state index < -0.39 is 0 Å². The summed E-state index contributed by atoms with van der Waals surface area (Å²) in [6.07, 6.45) is 0. The maximum atomic E-state index is 5.32. The third-order valence-corrected chi connectivity index (χ3v) is 10.7. The van der Waals surface area contributed by atoms with Crippen molar-refractivity contribution in [2.24, 2.45) is 0 Å². The van der Waals surface area contributed by atoms with Crippen molar-refractivity contribution in [1.82, 2.24) is 9.55 Å². The monoisotopic (exact) mass is 643 g/mol. The van der Waals surface area contributed by atoms with Crippen LogP contribution in [0.5, 0.6) is 0 Å². The summed E-state index contributed by atoms with van der Waals surface area (Å²) in [7, 11) is 0. The average molecular weight is 644 g/mol. The van der Waals surface area contributed by atoms with Gasteiger partial charge in [-0.25, -0.2) is 4.98 Å². The summed E-state index contributed by atoms with van der Waals surface area (Å²) in [4.78, 5) is 7.65. The van der Waals surface area contributed by atoms with Crippen molar-refractivity contribution in [1.29, 1.82) is 0 Å². The molecule has 49 heavy (non-hydrogen) atoms. The van der Waals surface area contributed by atoms with Crippen LogP contribution in [0.25, 0.3) is 69.8 Å². The number of aromatic nitrogens is 2. The Labute approximate surface area is 287 Å². The summed E-state index contributed by atoms with van der Waals surface area (Å²) < 4.78 is 4.96. The van der Waals surface area contributed by atoms with Crippen molar-refractivity contribution in [3.05, 3.63) is 176 Å². The number of benzene rings is 7. The zero-order valence-electron chi connectivity index (χ0n) is 26.5. The fourth-order valence-electron chi connectivity index (χ4n) is 7.23. The zero-order valence-corrected chi connectivity index (χ0v) is 27.3. The van der Waals surface area contributed by atoms with E-state index in [1.807, 2.05) is 11.3 Å². The van der Waals surface area contributed by atoms with Gasteiger partial charge in [-0.3, -0.25) is 0 Å². The Bertz CT molecular complexity index is 2820. The smallest absolute Gasteiger partial charge is 0.0971 e. The molecule has 0 unspecified atom stereocenters. The molecule has 10 aromatic rings. The van der Waals surface area contributed by atoms with Crippen molar-refractivity contribution in [3.63, 3.8) is 0 Å². The number of hydrogen-bond acceptors (Lipinski definition) is 3. The van der Waals surface area contributed by atoms with Gasteiger partial charge in [0.1, 0.15) is 0 Å². The highest BCUT2D eigenvalue weighted by Gasteiger charge is 2.19. The summed E-state index contributed by atoms with van der Waals surface area (Å²) in [6, 6.07) is 63.0. The molecule has 0 N–H and O–H groups in total. The largest absolute Gasteiger partial charge is 0.310 e. The van der Waals surface area contributed by atoms with Gasteiger partial charge in [0, 0.05) is 53.9 Å². The van der Waals surface area contributed by atoms with Crippen LogP contribution in [-0.2, 0) is 0 Å². The number of hydrogen-bond donors (Lipinski definition) is 0. The average Bonchev–Trinajstić information content (AvgIpc) is 3.69. The van der Waals surface area contributed by atoms with Crippen LogP contribution in [0.15, 0.2) is 176 Å². The number of rotatable bonds is 5. The summed E-state index contributed by atoms with van der Waals surface area (Å²) in [5.41, 5.74) is 9.81. The molecule has 3 heterocycles. The molecule has 0 aliphatic carbocycles. The van der Waals surface area contributed by atoms with Gasteiger partial charge in [-0.15, -0.1) is 11.3 Å². The van der Waals surface area contributed by atoms with Crippen molar-refractivity contribution >= 4 is 81.3 Å². The first-order valence-corrected chi connectivity index (χ1v) is 17.4. The fraction of sp³-hybridized carbons (Fsp3) is 0. The van der Waals surface area contributed by atoms with Crippen LogP contribution in [0, 0.1) is 0 Å². The maximum Gasteiger partial charge on any atom is 0.0971 e. The van der Waals surface area contributed by atoms with Gasteiger partial charge in [-0.2, -0.15) is 0 Å². The van der Waals surface area contributed by atoms with E-state index in [1.54, 1.807) is 0 Å². The van der Waals surface area contributed by atoms with Gasteiger partial charge in [0.2, 0.25) is 0 Å². The fourth-order valence-corrected chi connectivity index (χ4v) is 8.36. The maximum absolute atomic E-state index is 5.32. The van der Waals surface area contributed by atoms with E-state index in [0.29, 0.717) is 0 Å². The van der Waals surface area contributed by atoms with E-state index >= 15 is 0 Å². The van der Waals surface area contributed by atoms with Crippen LogP contribution in [0.2, 0.25) is 0 Å². The molecule has 3 aromatic heterocycles. The SMILES string of the molecule is c1ccc(-c2ccc3c(n2)c2cc4c(cc2n3-c2ccc(N(c3ccccc3)c3ccc5ccccc5c3)cc2)sc2ccccc24)cc1. The molecule has 0 spiro atoms. The van der Waals surface area contributed by atoms with E-state index in [4.69, 9.17) is 4.98 Å². The molecule has 10 rings (SSSR count). The van der Waals surface area contributed by atoms with E-state index in [0.717, 1.165) is 55.9 Å². The van der Waals surface area contributed by atoms with E-state index in [-0.39, 0.29) is 0 Å². The number of anilines is 3. The topological polar surface area (TPSA) is 21.1 Å². The third kappa shape index (κ3) is 4.61. The zero-order chi connectivity index (χ0) is 32.3. The molecule has 0 saturated carbocycles. The van der Waals surface area contributed by atoms with E-state index in [9.17, 15) is 0 Å². The lowest BCUT2D eigenvalue weighted by atomic mass is 10.1. The molecule has 0 aliphatic rings.